The standard InChI is InChI=1S/C13H11F3N2O2/c14-13(15,16)20-11-3-1-10(2-4-11)12(19)18-8-9-5-6-17-7-9/h1-7,17H,8H2,(H,18,19). The van der Waals surface area contributed by atoms with Crippen molar-refractivity contribution in [3.63, 3.8) is 0 Å². The lowest BCUT2D eigenvalue weighted by Gasteiger charge is -2.09. The number of aromatic amines is 1. The van der Waals surface area contributed by atoms with E-state index in [-0.39, 0.29) is 17.2 Å². The molecule has 2 N–H and O–H groups in total. The fraction of sp³-hybridized carbons (Fsp3) is 0.154. The monoisotopic (exact) mass is 284 g/mol. The van der Waals surface area contributed by atoms with Gasteiger partial charge in [0, 0.05) is 24.5 Å². The van der Waals surface area contributed by atoms with Crippen LogP contribution in [-0.2, 0) is 6.54 Å². The molecule has 106 valence electrons. The van der Waals surface area contributed by atoms with E-state index in [4.69, 9.17) is 0 Å². The van der Waals surface area contributed by atoms with Crippen LogP contribution in [-0.4, -0.2) is 17.3 Å². The van der Waals surface area contributed by atoms with E-state index in [1.165, 1.54) is 12.1 Å². The van der Waals surface area contributed by atoms with E-state index in [9.17, 15) is 18.0 Å². The molecule has 7 heteroatoms. The number of hydrogen-bond donors (Lipinski definition) is 2. The fourth-order valence-corrected chi connectivity index (χ4v) is 1.56. The minimum Gasteiger partial charge on any atom is -0.406 e. The second-order valence-electron chi connectivity index (χ2n) is 3.97. The Bertz CT molecular complexity index is 562. The van der Waals surface area contributed by atoms with E-state index < -0.39 is 6.36 Å². The minimum absolute atomic E-state index is 0.259. The molecule has 20 heavy (non-hydrogen) atoms. The Balaban J connectivity index is 1.93. The molecule has 0 saturated carbocycles. The number of carbonyl (C=O) groups is 1. The molecule has 0 unspecified atom stereocenters. The normalized spacial score (nSPS) is 11.2. The van der Waals surface area contributed by atoms with Gasteiger partial charge in [0.25, 0.3) is 5.91 Å². The predicted octanol–water partition coefficient (Wildman–Crippen LogP) is 2.84. The van der Waals surface area contributed by atoms with E-state index >= 15 is 0 Å². The highest BCUT2D eigenvalue weighted by atomic mass is 19.4. The zero-order chi connectivity index (χ0) is 14.6. The lowest BCUT2D eigenvalue weighted by atomic mass is 10.2. The summed E-state index contributed by atoms with van der Waals surface area (Å²) in [6.45, 7) is 0.336. The van der Waals surface area contributed by atoms with Gasteiger partial charge in [-0.1, -0.05) is 0 Å². The third-order valence-corrected chi connectivity index (χ3v) is 2.47. The van der Waals surface area contributed by atoms with Crippen molar-refractivity contribution in [2.24, 2.45) is 0 Å². The molecular formula is C13H11F3N2O2. The van der Waals surface area contributed by atoms with Crippen LogP contribution in [0.1, 0.15) is 15.9 Å². The van der Waals surface area contributed by atoms with Crippen molar-refractivity contribution in [3.8, 4) is 5.75 Å². The number of amides is 1. The first kappa shape index (κ1) is 14.0. The molecule has 0 atom stereocenters. The number of H-pyrrole nitrogens is 1. The molecule has 2 rings (SSSR count). The molecule has 1 amide bonds. The van der Waals surface area contributed by atoms with Gasteiger partial charge >= 0.3 is 6.36 Å². The van der Waals surface area contributed by atoms with Crippen molar-refractivity contribution in [2.75, 3.05) is 0 Å². The smallest absolute Gasteiger partial charge is 0.406 e. The van der Waals surface area contributed by atoms with Crippen molar-refractivity contribution < 1.29 is 22.7 Å². The Hall–Kier alpha value is -2.44. The van der Waals surface area contributed by atoms with E-state index in [0.29, 0.717) is 6.54 Å². The number of alkyl halides is 3. The third-order valence-electron chi connectivity index (χ3n) is 2.47. The summed E-state index contributed by atoms with van der Waals surface area (Å²) in [5, 5.41) is 2.65. The molecule has 0 fully saturated rings. The van der Waals surface area contributed by atoms with Crippen molar-refractivity contribution >= 4 is 5.91 Å². The predicted molar refractivity (Wildman–Crippen MR) is 65.1 cm³/mol. The zero-order valence-corrected chi connectivity index (χ0v) is 10.2. The van der Waals surface area contributed by atoms with Crippen LogP contribution >= 0.6 is 0 Å². The zero-order valence-electron chi connectivity index (χ0n) is 10.2. The number of rotatable bonds is 4. The van der Waals surface area contributed by atoms with Gasteiger partial charge in [0.05, 0.1) is 0 Å². The molecule has 1 heterocycles. The van der Waals surface area contributed by atoms with Gasteiger partial charge in [-0.25, -0.2) is 0 Å². The average Bonchev–Trinajstić information content (AvgIpc) is 2.88. The second kappa shape index (κ2) is 5.68. The first-order valence-corrected chi connectivity index (χ1v) is 5.70. The van der Waals surface area contributed by atoms with E-state index in [1.807, 2.05) is 0 Å². The largest absolute Gasteiger partial charge is 0.573 e. The van der Waals surface area contributed by atoms with Crippen molar-refractivity contribution in [3.05, 3.63) is 53.9 Å². The Morgan fingerprint density at radius 2 is 1.90 bits per heavy atom. The second-order valence-corrected chi connectivity index (χ2v) is 3.97. The Morgan fingerprint density at radius 1 is 1.20 bits per heavy atom. The van der Waals surface area contributed by atoms with Crippen molar-refractivity contribution in [1.82, 2.24) is 10.3 Å². The molecule has 0 spiro atoms. The van der Waals surface area contributed by atoms with Gasteiger partial charge in [-0.2, -0.15) is 0 Å². The quantitative estimate of drug-likeness (QED) is 0.907. The van der Waals surface area contributed by atoms with Gasteiger partial charge < -0.3 is 15.0 Å². The molecule has 0 aliphatic carbocycles. The molecule has 2 aromatic rings. The Morgan fingerprint density at radius 3 is 2.45 bits per heavy atom. The van der Waals surface area contributed by atoms with Gasteiger partial charge in [0.2, 0.25) is 0 Å². The molecule has 0 saturated heterocycles. The molecule has 0 aliphatic rings. The molecule has 0 aliphatic heterocycles. The summed E-state index contributed by atoms with van der Waals surface area (Å²) in [6.07, 6.45) is -1.27. The van der Waals surface area contributed by atoms with E-state index in [0.717, 1.165) is 17.7 Å². The molecule has 4 nitrogen and oxygen atoms in total. The summed E-state index contributed by atoms with van der Waals surface area (Å²) in [5.41, 5.74) is 1.16. The number of hydrogen-bond acceptors (Lipinski definition) is 2. The number of halogens is 3. The van der Waals surface area contributed by atoms with Crippen LogP contribution in [0.15, 0.2) is 42.7 Å². The van der Waals surface area contributed by atoms with Gasteiger partial charge in [-0.05, 0) is 35.9 Å². The van der Waals surface area contributed by atoms with Crippen molar-refractivity contribution in [2.45, 2.75) is 12.9 Å². The van der Waals surface area contributed by atoms with Crippen LogP contribution in [0.25, 0.3) is 0 Å². The molecule has 0 radical (unpaired) electrons. The highest BCUT2D eigenvalue weighted by molar-refractivity contribution is 5.94. The molecular weight excluding hydrogens is 273 g/mol. The number of ether oxygens (including phenoxy) is 1. The van der Waals surface area contributed by atoms with Crippen LogP contribution in [0.2, 0.25) is 0 Å². The summed E-state index contributed by atoms with van der Waals surface area (Å²) >= 11 is 0. The summed E-state index contributed by atoms with van der Waals surface area (Å²) in [4.78, 5) is 14.6. The van der Waals surface area contributed by atoms with Crippen LogP contribution in [0.3, 0.4) is 0 Å². The number of aromatic nitrogens is 1. The number of carbonyl (C=O) groups excluding carboxylic acids is 1. The average molecular weight is 284 g/mol. The number of nitrogens with one attached hydrogen (secondary N) is 2. The van der Waals surface area contributed by atoms with Gasteiger partial charge in [0.1, 0.15) is 5.75 Å². The molecule has 1 aromatic heterocycles. The van der Waals surface area contributed by atoms with Gasteiger partial charge in [-0.15, -0.1) is 13.2 Å². The van der Waals surface area contributed by atoms with Crippen LogP contribution in [0.4, 0.5) is 13.2 Å². The summed E-state index contributed by atoms with van der Waals surface area (Å²) < 4.78 is 39.6. The van der Waals surface area contributed by atoms with Gasteiger partial charge in [-0.3, -0.25) is 4.79 Å². The lowest BCUT2D eigenvalue weighted by molar-refractivity contribution is -0.274. The van der Waals surface area contributed by atoms with E-state index in [1.54, 1.807) is 18.5 Å². The first-order chi connectivity index (χ1) is 9.44. The first-order valence-electron chi connectivity index (χ1n) is 5.70. The van der Waals surface area contributed by atoms with Crippen LogP contribution in [0.5, 0.6) is 5.75 Å². The van der Waals surface area contributed by atoms with Crippen molar-refractivity contribution in [1.29, 1.82) is 0 Å². The Labute approximate surface area is 112 Å². The maximum atomic E-state index is 12.0. The fourth-order valence-electron chi connectivity index (χ4n) is 1.56. The summed E-state index contributed by atoms with van der Waals surface area (Å²) in [6, 6.07) is 6.54. The SMILES string of the molecule is O=C(NCc1cc[nH]c1)c1ccc(OC(F)(F)F)cc1. The van der Waals surface area contributed by atoms with Gasteiger partial charge in [0.15, 0.2) is 0 Å². The highest BCUT2D eigenvalue weighted by Crippen LogP contribution is 2.22. The maximum absolute atomic E-state index is 12.0. The van der Waals surface area contributed by atoms with Crippen LogP contribution < -0.4 is 10.1 Å². The molecule has 1 aromatic carbocycles. The lowest BCUT2D eigenvalue weighted by Crippen LogP contribution is -2.22. The Kier molecular flexibility index (Phi) is 3.97. The number of benzene rings is 1. The topological polar surface area (TPSA) is 54.1 Å². The van der Waals surface area contributed by atoms with E-state index in [2.05, 4.69) is 15.0 Å². The third kappa shape index (κ3) is 4.04. The minimum atomic E-state index is -4.74. The molecule has 0 bridgehead atoms. The summed E-state index contributed by atoms with van der Waals surface area (Å²) in [5.74, 6) is -0.732. The summed E-state index contributed by atoms with van der Waals surface area (Å²) in [7, 11) is 0. The van der Waals surface area contributed by atoms with Crippen LogP contribution in [0, 0.1) is 0 Å². The highest BCUT2D eigenvalue weighted by Gasteiger charge is 2.31. The maximum Gasteiger partial charge on any atom is 0.573 e.